The lowest BCUT2D eigenvalue weighted by Crippen LogP contribution is -2.48. The van der Waals surface area contributed by atoms with Crippen molar-refractivity contribution >= 4 is 27.8 Å². The molecule has 0 unspecified atom stereocenters. The van der Waals surface area contributed by atoms with Crippen LogP contribution in [0.15, 0.2) is 22.7 Å². The number of nitrogens with zero attached hydrogens (tertiary/aromatic N) is 1. The molecule has 1 saturated heterocycles. The Labute approximate surface area is 120 Å². The minimum atomic E-state index is -0.920. The first-order valence-corrected chi connectivity index (χ1v) is 7.10. The lowest BCUT2D eigenvalue weighted by atomic mass is 10.0. The second-order valence-electron chi connectivity index (χ2n) is 4.83. The Morgan fingerprint density at radius 1 is 1.37 bits per heavy atom. The number of piperidine rings is 1. The first-order chi connectivity index (χ1) is 9.00. The van der Waals surface area contributed by atoms with E-state index in [-0.39, 0.29) is 5.91 Å². The number of carbonyl (C=O) groups is 2. The monoisotopic (exact) mass is 325 g/mol. The van der Waals surface area contributed by atoms with Crippen molar-refractivity contribution in [1.82, 2.24) is 4.90 Å². The van der Waals surface area contributed by atoms with E-state index in [1.807, 2.05) is 19.1 Å². The molecule has 2 rings (SSSR count). The van der Waals surface area contributed by atoms with E-state index in [1.165, 1.54) is 4.90 Å². The fourth-order valence-electron chi connectivity index (χ4n) is 2.39. The molecule has 0 saturated carbocycles. The van der Waals surface area contributed by atoms with Gasteiger partial charge in [0.15, 0.2) is 0 Å². The number of rotatable bonds is 2. The maximum atomic E-state index is 12.5. The molecule has 4 nitrogen and oxygen atoms in total. The topological polar surface area (TPSA) is 57.6 Å². The van der Waals surface area contributed by atoms with E-state index < -0.39 is 12.0 Å². The Hall–Kier alpha value is -1.36. The van der Waals surface area contributed by atoms with E-state index in [4.69, 9.17) is 0 Å². The maximum absolute atomic E-state index is 12.5. The zero-order valence-corrected chi connectivity index (χ0v) is 12.3. The molecule has 1 aliphatic rings. The molecule has 0 bridgehead atoms. The van der Waals surface area contributed by atoms with Crippen molar-refractivity contribution in [3.63, 3.8) is 0 Å². The minimum Gasteiger partial charge on any atom is -0.480 e. The van der Waals surface area contributed by atoms with Gasteiger partial charge in [0.1, 0.15) is 6.04 Å². The Kier molecular flexibility index (Phi) is 4.24. The van der Waals surface area contributed by atoms with Gasteiger partial charge >= 0.3 is 5.97 Å². The predicted molar refractivity (Wildman–Crippen MR) is 75.2 cm³/mol. The van der Waals surface area contributed by atoms with Gasteiger partial charge in [-0.15, -0.1) is 0 Å². The molecule has 1 atom stereocenters. The molecule has 5 heteroatoms. The molecule has 0 aliphatic carbocycles. The maximum Gasteiger partial charge on any atom is 0.326 e. The number of carboxylic acids is 1. The molecule has 102 valence electrons. The smallest absolute Gasteiger partial charge is 0.326 e. The number of likely N-dealkylation sites (tertiary alicyclic amines) is 1. The van der Waals surface area contributed by atoms with E-state index in [1.54, 1.807) is 6.07 Å². The van der Waals surface area contributed by atoms with Gasteiger partial charge in [-0.3, -0.25) is 4.79 Å². The van der Waals surface area contributed by atoms with Crippen molar-refractivity contribution in [2.45, 2.75) is 32.2 Å². The molecule has 1 fully saturated rings. The third-order valence-corrected chi connectivity index (χ3v) is 4.09. The van der Waals surface area contributed by atoms with Crippen LogP contribution in [0.1, 0.15) is 35.2 Å². The number of carboxylic acid groups (broad SMARTS) is 1. The van der Waals surface area contributed by atoms with E-state index in [9.17, 15) is 14.7 Å². The van der Waals surface area contributed by atoms with E-state index in [0.717, 1.165) is 18.4 Å². The van der Waals surface area contributed by atoms with Crippen molar-refractivity contribution in [2.75, 3.05) is 6.54 Å². The first kappa shape index (κ1) is 14.1. The number of aliphatic carboxylic acids is 1. The summed E-state index contributed by atoms with van der Waals surface area (Å²) >= 11 is 3.36. The molecule has 1 heterocycles. The molecule has 1 amide bonds. The number of carbonyl (C=O) groups excluding carboxylic acids is 1. The second kappa shape index (κ2) is 5.74. The van der Waals surface area contributed by atoms with Gasteiger partial charge in [-0.2, -0.15) is 0 Å². The Balaban J connectivity index is 2.31. The van der Waals surface area contributed by atoms with Gasteiger partial charge in [0.2, 0.25) is 0 Å². The third-order valence-electron chi connectivity index (χ3n) is 3.40. The number of halogens is 1. The lowest BCUT2D eigenvalue weighted by Gasteiger charge is -2.33. The highest BCUT2D eigenvalue weighted by molar-refractivity contribution is 9.10. The Morgan fingerprint density at radius 3 is 2.79 bits per heavy atom. The van der Waals surface area contributed by atoms with Gasteiger partial charge in [-0.1, -0.05) is 11.6 Å². The molecule has 0 spiro atoms. The highest BCUT2D eigenvalue weighted by atomic mass is 79.9. The predicted octanol–water partition coefficient (Wildman–Crippen LogP) is 2.84. The van der Waals surface area contributed by atoms with Crippen LogP contribution >= 0.6 is 15.9 Å². The quantitative estimate of drug-likeness (QED) is 0.909. The summed E-state index contributed by atoms with van der Waals surface area (Å²) in [7, 11) is 0. The molecule has 19 heavy (non-hydrogen) atoms. The first-order valence-electron chi connectivity index (χ1n) is 6.30. The summed E-state index contributed by atoms with van der Waals surface area (Å²) in [5.41, 5.74) is 1.52. The van der Waals surface area contributed by atoms with Crippen LogP contribution < -0.4 is 0 Å². The summed E-state index contributed by atoms with van der Waals surface area (Å²) in [6.45, 7) is 2.42. The standard InChI is InChI=1S/C14H16BrNO3/c1-9-5-6-11(15)10(8-9)13(17)16-7-3-2-4-12(16)14(18)19/h5-6,8,12H,2-4,7H2,1H3,(H,18,19)/t12-/m0/s1. The van der Waals surface area contributed by atoms with Crippen LogP contribution in [0, 0.1) is 6.92 Å². The van der Waals surface area contributed by atoms with Gasteiger partial charge in [-0.05, 0) is 54.2 Å². The van der Waals surface area contributed by atoms with Gasteiger partial charge in [0, 0.05) is 11.0 Å². The zero-order valence-electron chi connectivity index (χ0n) is 10.7. The van der Waals surface area contributed by atoms with Crippen LogP contribution in [0.3, 0.4) is 0 Å². The average Bonchev–Trinajstić information content (AvgIpc) is 2.40. The normalized spacial score (nSPS) is 19.3. The number of hydrogen-bond donors (Lipinski definition) is 1. The summed E-state index contributed by atoms with van der Waals surface area (Å²) in [4.78, 5) is 25.2. The molecular formula is C14H16BrNO3. The van der Waals surface area contributed by atoms with Crippen molar-refractivity contribution in [2.24, 2.45) is 0 Å². The van der Waals surface area contributed by atoms with Crippen LogP contribution in [0.2, 0.25) is 0 Å². The Bertz CT molecular complexity index is 515. The fraction of sp³-hybridized carbons (Fsp3) is 0.429. The van der Waals surface area contributed by atoms with Crippen LogP contribution in [-0.2, 0) is 4.79 Å². The van der Waals surface area contributed by atoms with E-state index >= 15 is 0 Å². The van der Waals surface area contributed by atoms with Gasteiger partial charge in [0.05, 0.1) is 5.56 Å². The molecule has 1 aromatic rings. The molecule has 0 aromatic heterocycles. The van der Waals surface area contributed by atoms with Crippen molar-refractivity contribution in [3.05, 3.63) is 33.8 Å². The molecule has 0 radical (unpaired) electrons. The van der Waals surface area contributed by atoms with E-state index in [2.05, 4.69) is 15.9 Å². The Morgan fingerprint density at radius 2 is 2.11 bits per heavy atom. The number of benzene rings is 1. The summed E-state index contributed by atoms with van der Waals surface area (Å²) in [6.07, 6.45) is 2.25. The van der Waals surface area contributed by atoms with E-state index in [0.29, 0.717) is 23.0 Å². The fourth-order valence-corrected chi connectivity index (χ4v) is 2.81. The number of aryl methyl sites for hydroxylation is 1. The van der Waals surface area contributed by atoms with Crippen molar-refractivity contribution < 1.29 is 14.7 Å². The van der Waals surface area contributed by atoms with Gasteiger partial charge in [-0.25, -0.2) is 4.79 Å². The highest BCUT2D eigenvalue weighted by Gasteiger charge is 2.33. The molecule has 1 aromatic carbocycles. The largest absolute Gasteiger partial charge is 0.480 e. The summed E-state index contributed by atoms with van der Waals surface area (Å²) in [6, 6.07) is 4.82. The second-order valence-corrected chi connectivity index (χ2v) is 5.69. The molecular weight excluding hydrogens is 310 g/mol. The number of hydrogen-bond acceptors (Lipinski definition) is 2. The van der Waals surface area contributed by atoms with Crippen molar-refractivity contribution in [1.29, 1.82) is 0 Å². The van der Waals surface area contributed by atoms with Gasteiger partial charge < -0.3 is 10.0 Å². The summed E-state index contributed by atoms with van der Waals surface area (Å²) < 4.78 is 0.706. The van der Waals surface area contributed by atoms with Crippen LogP contribution in [0.4, 0.5) is 0 Å². The van der Waals surface area contributed by atoms with Crippen LogP contribution in [-0.4, -0.2) is 34.5 Å². The molecule has 1 N–H and O–H groups in total. The zero-order chi connectivity index (χ0) is 14.0. The minimum absolute atomic E-state index is 0.206. The molecule has 1 aliphatic heterocycles. The van der Waals surface area contributed by atoms with Crippen LogP contribution in [0.25, 0.3) is 0 Å². The summed E-state index contributed by atoms with van der Waals surface area (Å²) in [5, 5.41) is 9.22. The highest BCUT2D eigenvalue weighted by Crippen LogP contribution is 2.24. The van der Waals surface area contributed by atoms with Crippen molar-refractivity contribution in [3.8, 4) is 0 Å². The van der Waals surface area contributed by atoms with Crippen LogP contribution in [0.5, 0.6) is 0 Å². The lowest BCUT2D eigenvalue weighted by molar-refractivity contribution is -0.143. The average molecular weight is 326 g/mol. The van der Waals surface area contributed by atoms with Gasteiger partial charge in [0.25, 0.3) is 5.91 Å². The number of amides is 1. The third kappa shape index (κ3) is 2.97. The summed E-state index contributed by atoms with van der Waals surface area (Å²) in [5.74, 6) is -1.13. The SMILES string of the molecule is Cc1ccc(Br)c(C(=O)N2CCCC[C@H]2C(=O)O)c1.